The van der Waals surface area contributed by atoms with Crippen LogP contribution in [0.2, 0.25) is 0 Å². The van der Waals surface area contributed by atoms with E-state index in [0.29, 0.717) is 12.0 Å². The zero-order valence-corrected chi connectivity index (χ0v) is 9.36. The van der Waals surface area contributed by atoms with Crippen molar-refractivity contribution in [1.29, 1.82) is 0 Å². The molecule has 0 bridgehead atoms. The van der Waals surface area contributed by atoms with E-state index >= 15 is 0 Å². The number of carbonyl (C=O) groups is 1. The molecule has 0 heterocycles. The van der Waals surface area contributed by atoms with Gasteiger partial charge in [0, 0.05) is 6.04 Å². The summed E-state index contributed by atoms with van der Waals surface area (Å²) >= 11 is 0. The van der Waals surface area contributed by atoms with Crippen molar-refractivity contribution >= 4 is 5.91 Å². The molecule has 0 radical (unpaired) electrons. The number of benzene rings is 1. The molecule has 0 spiro atoms. The van der Waals surface area contributed by atoms with Crippen molar-refractivity contribution in [3.05, 3.63) is 35.9 Å². The van der Waals surface area contributed by atoms with Gasteiger partial charge in [-0.15, -0.1) is 0 Å². The molecule has 2 rings (SSSR count). The second-order valence-corrected chi connectivity index (χ2v) is 4.12. The van der Waals surface area contributed by atoms with E-state index < -0.39 is 0 Å². The molecule has 1 saturated carbocycles. The molecule has 2 nitrogen and oxygen atoms in total. The molecule has 1 fully saturated rings. The lowest BCUT2D eigenvalue weighted by atomic mass is 9.76. The third kappa shape index (κ3) is 2.43. The first-order valence-electron chi connectivity index (χ1n) is 5.58. The fraction of sp³-hybridized carbons (Fsp3) is 0.357. The van der Waals surface area contributed by atoms with E-state index in [1.54, 1.807) is 6.92 Å². The Kier molecular flexibility index (Phi) is 3.26. The molecule has 82 valence electrons. The summed E-state index contributed by atoms with van der Waals surface area (Å²) in [7, 11) is 0. The SMILES string of the molecule is CC#CC(=O)NC1CC(c2ccccc2)C1. The molecule has 0 atom stereocenters. The minimum Gasteiger partial charge on any atom is -0.342 e. The van der Waals surface area contributed by atoms with Crippen LogP contribution in [0.4, 0.5) is 0 Å². The molecule has 1 N–H and O–H groups in total. The summed E-state index contributed by atoms with van der Waals surface area (Å²) in [5, 5.41) is 2.90. The van der Waals surface area contributed by atoms with E-state index in [1.807, 2.05) is 6.07 Å². The highest BCUT2D eigenvalue weighted by Gasteiger charge is 2.30. The minimum absolute atomic E-state index is 0.154. The van der Waals surface area contributed by atoms with Crippen LogP contribution >= 0.6 is 0 Å². The molecule has 0 aromatic heterocycles. The van der Waals surface area contributed by atoms with Crippen LogP contribution in [0.25, 0.3) is 0 Å². The summed E-state index contributed by atoms with van der Waals surface area (Å²) in [5.41, 5.74) is 1.37. The van der Waals surface area contributed by atoms with Gasteiger partial charge in [-0.3, -0.25) is 4.79 Å². The van der Waals surface area contributed by atoms with E-state index in [1.165, 1.54) is 5.56 Å². The van der Waals surface area contributed by atoms with Crippen molar-refractivity contribution in [2.24, 2.45) is 0 Å². The third-order valence-electron chi connectivity index (χ3n) is 2.98. The summed E-state index contributed by atoms with van der Waals surface area (Å²) in [5.74, 6) is 5.55. The lowest BCUT2D eigenvalue weighted by Crippen LogP contribution is -2.42. The van der Waals surface area contributed by atoms with E-state index in [2.05, 4.69) is 41.4 Å². The standard InChI is InChI=1S/C14H15NO/c1-2-6-14(16)15-13-9-12(10-13)11-7-4-3-5-8-11/h3-5,7-8,12-13H,9-10H2,1H3,(H,15,16). The molecule has 16 heavy (non-hydrogen) atoms. The maximum absolute atomic E-state index is 11.2. The predicted molar refractivity (Wildman–Crippen MR) is 63.8 cm³/mol. The minimum atomic E-state index is -0.154. The van der Waals surface area contributed by atoms with E-state index in [-0.39, 0.29) is 5.91 Å². The van der Waals surface area contributed by atoms with Gasteiger partial charge in [-0.05, 0) is 37.2 Å². The Bertz CT molecular complexity index is 421. The van der Waals surface area contributed by atoms with Gasteiger partial charge in [0.25, 0.3) is 5.91 Å². The lowest BCUT2D eigenvalue weighted by Gasteiger charge is -2.35. The van der Waals surface area contributed by atoms with Gasteiger partial charge in [0.05, 0.1) is 0 Å². The third-order valence-corrected chi connectivity index (χ3v) is 2.98. The van der Waals surface area contributed by atoms with Crippen molar-refractivity contribution in [3.63, 3.8) is 0 Å². The summed E-state index contributed by atoms with van der Waals surface area (Å²) in [4.78, 5) is 11.2. The average Bonchev–Trinajstić information content (AvgIpc) is 2.24. The van der Waals surface area contributed by atoms with Gasteiger partial charge >= 0.3 is 0 Å². The first-order valence-corrected chi connectivity index (χ1v) is 5.58. The molecular formula is C14H15NO. The predicted octanol–water partition coefficient (Wildman–Crippen LogP) is 2.07. The second kappa shape index (κ2) is 4.85. The first kappa shape index (κ1) is 10.8. The molecule has 1 aliphatic rings. The Morgan fingerprint density at radius 3 is 2.62 bits per heavy atom. The highest BCUT2D eigenvalue weighted by atomic mass is 16.1. The van der Waals surface area contributed by atoms with Crippen LogP contribution in [0.3, 0.4) is 0 Å². The molecule has 1 aromatic rings. The number of rotatable bonds is 2. The zero-order valence-electron chi connectivity index (χ0n) is 9.36. The number of amides is 1. The average molecular weight is 213 g/mol. The van der Waals surface area contributed by atoms with Crippen LogP contribution in [0.5, 0.6) is 0 Å². The molecule has 0 saturated heterocycles. The molecule has 1 aliphatic carbocycles. The first-order chi connectivity index (χ1) is 7.79. The molecule has 0 unspecified atom stereocenters. The smallest absolute Gasteiger partial charge is 0.296 e. The largest absolute Gasteiger partial charge is 0.342 e. The van der Waals surface area contributed by atoms with E-state index in [9.17, 15) is 4.79 Å². The van der Waals surface area contributed by atoms with Gasteiger partial charge in [-0.2, -0.15) is 0 Å². The van der Waals surface area contributed by atoms with Crippen LogP contribution in [0.1, 0.15) is 31.2 Å². The van der Waals surface area contributed by atoms with Gasteiger partial charge < -0.3 is 5.32 Å². The summed E-state index contributed by atoms with van der Waals surface area (Å²) < 4.78 is 0. The maximum Gasteiger partial charge on any atom is 0.296 e. The van der Waals surface area contributed by atoms with Gasteiger partial charge in [0.2, 0.25) is 0 Å². The zero-order chi connectivity index (χ0) is 11.4. The van der Waals surface area contributed by atoms with Gasteiger partial charge in [0.1, 0.15) is 0 Å². The Hall–Kier alpha value is -1.75. The van der Waals surface area contributed by atoms with Crippen molar-refractivity contribution in [2.45, 2.75) is 31.7 Å². The van der Waals surface area contributed by atoms with Gasteiger partial charge in [-0.1, -0.05) is 36.3 Å². The quantitative estimate of drug-likeness (QED) is 0.749. The van der Waals surface area contributed by atoms with Crippen LogP contribution in [0, 0.1) is 11.8 Å². The van der Waals surface area contributed by atoms with Gasteiger partial charge in [0.15, 0.2) is 0 Å². The van der Waals surface area contributed by atoms with Crippen molar-refractivity contribution < 1.29 is 4.79 Å². The van der Waals surface area contributed by atoms with E-state index in [4.69, 9.17) is 0 Å². The normalized spacial score (nSPS) is 22.6. The Morgan fingerprint density at radius 1 is 1.31 bits per heavy atom. The highest BCUT2D eigenvalue weighted by Crippen LogP contribution is 2.36. The fourth-order valence-corrected chi connectivity index (χ4v) is 2.07. The van der Waals surface area contributed by atoms with Crippen LogP contribution in [-0.2, 0) is 4.79 Å². The monoisotopic (exact) mass is 213 g/mol. The van der Waals surface area contributed by atoms with Crippen LogP contribution < -0.4 is 5.32 Å². The molecular weight excluding hydrogens is 198 g/mol. The van der Waals surface area contributed by atoms with Crippen LogP contribution in [0.15, 0.2) is 30.3 Å². The second-order valence-electron chi connectivity index (χ2n) is 4.12. The number of hydrogen-bond donors (Lipinski definition) is 1. The Balaban J connectivity index is 1.82. The summed E-state index contributed by atoms with van der Waals surface area (Å²) in [6.07, 6.45) is 2.06. The lowest BCUT2D eigenvalue weighted by molar-refractivity contribution is -0.116. The van der Waals surface area contributed by atoms with E-state index in [0.717, 1.165) is 12.8 Å². The van der Waals surface area contributed by atoms with Crippen molar-refractivity contribution in [3.8, 4) is 11.8 Å². The Labute approximate surface area is 96.1 Å². The summed E-state index contributed by atoms with van der Waals surface area (Å²) in [6, 6.07) is 10.7. The maximum atomic E-state index is 11.2. The van der Waals surface area contributed by atoms with Crippen LogP contribution in [-0.4, -0.2) is 11.9 Å². The van der Waals surface area contributed by atoms with Crippen molar-refractivity contribution in [2.75, 3.05) is 0 Å². The number of nitrogens with one attached hydrogen (secondary N) is 1. The molecule has 0 aliphatic heterocycles. The summed E-state index contributed by atoms with van der Waals surface area (Å²) in [6.45, 7) is 1.67. The topological polar surface area (TPSA) is 29.1 Å². The fourth-order valence-electron chi connectivity index (χ4n) is 2.07. The number of carbonyl (C=O) groups excluding carboxylic acids is 1. The van der Waals surface area contributed by atoms with Gasteiger partial charge in [-0.25, -0.2) is 0 Å². The molecule has 1 amide bonds. The Morgan fingerprint density at radius 2 is 2.00 bits per heavy atom. The molecule has 2 heteroatoms. The number of hydrogen-bond acceptors (Lipinski definition) is 1. The molecule has 1 aromatic carbocycles. The highest BCUT2D eigenvalue weighted by molar-refractivity contribution is 5.93. The van der Waals surface area contributed by atoms with Crippen molar-refractivity contribution in [1.82, 2.24) is 5.32 Å².